The zero-order valence-corrected chi connectivity index (χ0v) is 16.9. The number of halogens is 1. The Morgan fingerprint density at radius 3 is 2.50 bits per heavy atom. The van der Waals surface area contributed by atoms with Gasteiger partial charge < -0.3 is 10.4 Å². The van der Waals surface area contributed by atoms with Crippen molar-refractivity contribution >= 4 is 46.4 Å². The third-order valence-corrected chi connectivity index (χ3v) is 7.72. The molecule has 1 fully saturated rings. The molecular weight excluding hydrogens is 434 g/mol. The number of nitro groups is 2. The average Bonchev–Trinajstić information content (AvgIpc) is 3.02. The number of nitro benzene ring substituents is 2. The molecule has 4 rings (SSSR count). The number of hydrogen-bond acceptors (Lipinski definition) is 7. The Labute approximate surface area is 179 Å². The fourth-order valence-electron chi connectivity index (χ4n) is 4.36. The fourth-order valence-corrected chi connectivity index (χ4v) is 6.34. The molecule has 0 bridgehead atoms. The van der Waals surface area contributed by atoms with Gasteiger partial charge in [0.15, 0.2) is 0 Å². The van der Waals surface area contributed by atoms with E-state index >= 15 is 0 Å². The second-order valence-electron chi connectivity index (χ2n) is 7.21. The highest BCUT2D eigenvalue weighted by atomic mass is 35.5. The summed E-state index contributed by atoms with van der Waals surface area (Å²) in [5.41, 5.74) is 0.326. The minimum Gasteiger partial charge on any atom is -0.478 e. The molecule has 0 amide bonds. The number of alkyl halides is 1. The number of para-hydroxylation sites is 1. The Kier molecular flexibility index (Phi) is 5.29. The average molecular weight is 450 g/mol. The molecular formula is C19H16ClN3O6S. The summed E-state index contributed by atoms with van der Waals surface area (Å²) in [5, 5.41) is 34.8. The third kappa shape index (κ3) is 3.35. The van der Waals surface area contributed by atoms with Crippen molar-refractivity contribution < 1.29 is 19.7 Å². The first-order chi connectivity index (χ1) is 14.3. The van der Waals surface area contributed by atoms with E-state index in [1.54, 1.807) is 18.2 Å². The first kappa shape index (κ1) is 20.4. The van der Waals surface area contributed by atoms with Crippen LogP contribution in [-0.2, 0) is 0 Å². The predicted molar refractivity (Wildman–Crippen MR) is 112 cm³/mol. The van der Waals surface area contributed by atoms with E-state index in [1.807, 2.05) is 0 Å². The van der Waals surface area contributed by atoms with E-state index in [1.165, 1.54) is 30.0 Å². The van der Waals surface area contributed by atoms with E-state index in [2.05, 4.69) is 5.32 Å². The summed E-state index contributed by atoms with van der Waals surface area (Å²) in [7, 11) is 0. The fraction of sp³-hybridized carbons (Fsp3) is 0.316. The normalized spacial score (nSPS) is 24.4. The molecule has 4 atom stereocenters. The smallest absolute Gasteiger partial charge is 0.337 e. The zero-order chi connectivity index (χ0) is 21.6. The van der Waals surface area contributed by atoms with Crippen LogP contribution in [0.2, 0.25) is 0 Å². The van der Waals surface area contributed by atoms with Crippen LogP contribution in [0.4, 0.5) is 17.1 Å². The molecule has 1 aliphatic carbocycles. The maximum atomic E-state index is 11.6. The maximum absolute atomic E-state index is 11.6. The van der Waals surface area contributed by atoms with Gasteiger partial charge in [0.2, 0.25) is 0 Å². The molecule has 9 nitrogen and oxygen atoms in total. The summed E-state index contributed by atoms with van der Waals surface area (Å²) in [4.78, 5) is 34.1. The Hall–Kier alpha value is -2.85. The second-order valence-corrected chi connectivity index (χ2v) is 9.00. The molecule has 2 N–H and O–H groups in total. The third-order valence-electron chi connectivity index (χ3n) is 5.61. The highest BCUT2D eigenvalue weighted by Gasteiger charge is 2.49. The van der Waals surface area contributed by atoms with Gasteiger partial charge in [0.25, 0.3) is 11.4 Å². The van der Waals surface area contributed by atoms with Gasteiger partial charge in [-0.15, -0.1) is 23.4 Å². The van der Waals surface area contributed by atoms with Crippen molar-refractivity contribution in [3.63, 3.8) is 0 Å². The molecule has 156 valence electrons. The van der Waals surface area contributed by atoms with E-state index in [9.17, 15) is 30.1 Å². The largest absolute Gasteiger partial charge is 0.478 e. The van der Waals surface area contributed by atoms with Crippen LogP contribution in [0.25, 0.3) is 0 Å². The molecule has 2 aromatic carbocycles. The number of aromatic carboxylic acids is 1. The second kappa shape index (κ2) is 7.77. The SMILES string of the molecule is O=C(O)c1ccc([N+](=O)[O-])c2c1NC[C@@H]1C[C@H](Sc3ccccc3[N+](=O)[O-])[C@H](Cl)[C@H]21. The van der Waals surface area contributed by atoms with Crippen LogP contribution in [0.15, 0.2) is 41.3 Å². The van der Waals surface area contributed by atoms with Crippen molar-refractivity contribution in [1.29, 1.82) is 0 Å². The number of carboxylic acid groups (broad SMARTS) is 1. The lowest BCUT2D eigenvalue weighted by molar-refractivity contribution is -0.387. The van der Waals surface area contributed by atoms with E-state index < -0.39 is 27.1 Å². The van der Waals surface area contributed by atoms with Crippen molar-refractivity contribution in [2.24, 2.45) is 5.92 Å². The minimum atomic E-state index is -1.18. The number of carboxylic acids is 1. The maximum Gasteiger partial charge on any atom is 0.337 e. The van der Waals surface area contributed by atoms with Crippen LogP contribution in [0, 0.1) is 26.1 Å². The lowest BCUT2D eigenvalue weighted by atomic mass is 9.82. The monoisotopic (exact) mass is 449 g/mol. The summed E-state index contributed by atoms with van der Waals surface area (Å²) in [6.07, 6.45) is 0.594. The van der Waals surface area contributed by atoms with Gasteiger partial charge in [-0.3, -0.25) is 20.2 Å². The molecule has 11 heteroatoms. The Balaban J connectivity index is 1.73. The Morgan fingerprint density at radius 1 is 1.13 bits per heavy atom. The first-order valence-electron chi connectivity index (χ1n) is 9.12. The van der Waals surface area contributed by atoms with Crippen molar-refractivity contribution in [3.8, 4) is 0 Å². The van der Waals surface area contributed by atoms with Gasteiger partial charge in [0, 0.05) is 29.8 Å². The highest BCUT2D eigenvalue weighted by Crippen LogP contribution is 2.55. The van der Waals surface area contributed by atoms with E-state index in [4.69, 9.17) is 11.6 Å². The van der Waals surface area contributed by atoms with Crippen molar-refractivity contribution in [3.05, 3.63) is 67.8 Å². The summed E-state index contributed by atoms with van der Waals surface area (Å²) < 4.78 is 0. The molecule has 2 aromatic rings. The highest BCUT2D eigenvalue weighted by molar-refractivity contribution is 8.00. The quantitative estimate of drug-likeness (QED) is 0.387. The molecule has 1 saturated carbocycles. The number of anilines is 1. The number of benzene rings is 2. The van der Waals surface area contributed by atoms with Crippen molar-refractivity contribution in [2.75, 3.05) is 11.9 Å². The van der Waals surface area contributed by atoms with Gasteiger partial charge in [0.1, 0.15) is 0 Å². The number of fused-ring (bicyclic) bond motifs is 3. The van der Waals surface area contributed by atoms with Crippen LogP contribution in [0.3, 0.4) is 0 Å². The molecule has 1 heterocycles. The topological polar surface area (TPSA) is 136 Å². The lowest BCUT2D eigenvalue weighted by Crippen LogP contribution is -2.29. The summed E-state index contributed by atoms with van der Waals surface area (Å²) in [6.45, 7) is 0.427. The number of carbonyl (C=O) groups is 1. The van der Waals surface area contributed by atoms with Gasteiger partial charge in [-0.25, -0.2) is 4.79 Å². The van der Waals surface area contributed by atoms with Crippen LogP contribution < -0.4 is 5.32 Å². The summed E-state index contributed by atoms with van der Waals surface area (Å²) in [5.74, 6) is -1.66. The standard InChI is InChI=1S/C19H16ClN3O6S/c20-17-14(30-13-4-2-1-3-11(13)22(26)27)7-9-8-21-18-10(19(24)25)5-6-12(23(28)29)16(18)15(9)17/h1-6,9,14-15,17,21H,7-8H2,(H,24,25)/t9-,14-,15-,17-/m0/s1. The molecule has 2 aliphatic rings. The number of hydrogen-bond donors (Lipinski definition) is 2. The molecule has 0 unspecified atom stereocenters. The summed E-state index contributed by atoms with van der Waals surface area (Å²) >= 11 is 8.07. The zero-order valence-electron chi connectivity index (χ0n) is 15.4. The van der Waals surface area contributed by atoms with Crippen molar-refractivity contribution in [1.82, 2.24) is 0 Å². The lowest BCUT2D eigenvalue weighted by Gasteiger charge is -2.31. The Morgan fingerprint density at radius 2 is 1.83 bits per heavy atom. The van der Waals surface area contributed by atoms with Gasteiger partial charge >= 0.3 is 5.97 Å². The molecule has 0 spiro atoms. The van der Waals surface area contributed by atoms with E-state index in [0.29, 0.717) is 23.4 Å². The minimum absolute atomic E-state index is 0.0149. The molecule has 1 aliphatic heterocycles. The van der Waals surface area contributed by atoms with Crippen LogP contribution in [0.1, 0.15) is 28.3 Å². The van der Waals surface area contributed by atoms with Gasteiger partial charge in [-0.05, 0) is 24.5 Å². The van der Waals surface area contributed by atoms with E-state index in [-0.39, 0.29) is 33.8 Å². The Bertz CT molecular complexity index is 1060. The molecule has 0 aromatic heterocycles. The van der Waals surface area contributed by atoms with Crippen LogP contribution in [0.5, 0.6) is 0 Å². The number of rotatable bonds is 5. The summed E-state index contributed by atoms with van der Waals surface area (Å²) in [6, 6.07) is 8.82. The predicted octanol–water partition coefficient (Wildman–Crippen LogP) is 4.50. The number of nitrogens with zero attached hydrogens (tertiary/aromatic N) is 2. The first-order valence-corrected chi connectivity index (χ1v) is 10.4. The molecule has 0 radical (unpaired) electrons. The van der Waals surface area contributed by atoms with Crippen molar-refractivity contribution in [2.45, 2.75) is 27.9 Å². The van der Waals surface area contributed by atoms with Gasteiger partial charge in [0.05, 0.1) is 36.9 Å². The molecule has 30 heavy (non-hydrogen) atoms. The molecule has 0 saturated heterocycles. The van der Waals surface area contributed by atoms with E-state index in [0.717, 1.165) is 0 Å². The number of nitrogens with one attached hydrogen (secondary N) is 1. The van der Waals surface area contributed by atoms with Crippen LogP contribution in [-0.4, -0.2) is 38.1 Å². The van der Waals surface area contributed by atoms with Gasteiger partial charge in [-0.1, -0.05) is 12.1 Å². The van der Waals surface area contributed by atoms with Crippen LogP contribution >= 0.6 is 23.4 Å². The number of thioether (sulfide) groups is 1. The van der Waals surface area contributed by atoms with Gasteiger partial charge in [-0.2, -0.15) is 0 Å².